The summed E-state index contributed by atoms with van der Waals surface area (Å²) >= 11 is 0. The zero-order valence-corrected chi connectivity index (χ0v) is 13.5. The minimum Gasteiger partial charge on any atom is -0.457 e. The molecule has 3 aromatic rings. The van der Waals surface area contributed by atoms with Crippen molar-refractivity contribution in [3.63, 3.8) is 0 Å². The van der Waals surface area contributed by atoms with Crippen LogP contribution in [0.2, 0.25) is 0 Å². The lowest BCUT2D eigenvalue weighted by atomic mass is 10.1. The molecule has 0 aliphatic heterocycles. The third kappa shape index (κ3) is 3.48. The lowest BCUT2D eigenvalue weighted by molar-refractivity contribution is -0.384. The van der Waals surface area contributed by atoms with E-state index in [1.165, 1.54) is 12.1 Å². The van der Waals surface area contributed by atoms with E-state index in [2.05, 4.69) is 6.07 Å². The first-order valence-electron chi connectivity index (χ1n) is 7.61. The van der Waals surface area contributed by atoms with Gasteiger partial charge in [0.1, 0.15) is 11.5 Å². The number of furan rings is 1. The zero-order valence-electron chi connectivity index (χ0n) is 13.5. The van der Waals surface area contributed by atoms with E-state index in [1.54, 1.807) is 24.3 Å². The lowest BCUT2D eigenvalue weighted by Gasteiger charge is -2.02. The predicted octanol–water partition coefficient (Wildman–Crippen LogP) is 5.23. The summed E-state index contributed by atoms with van der Waals surface area (Å²) in [5, 5.41) is 20.3. The summed E-state index contributed by atoms with van der Waals surface area (Å²) in [7, 11) is 0. The molecule has 0 spiro atoms. The molecule has 0 unspecified atom stereocenters. The molecule has 0 aliphatic carbocycles. The Morgan fingerprint density at radius 3 is 2.60 bits per heavy atom. The highest BCUT2D eigenvalue weighted by Crippen LogP contribution is 2.30. The second-order valence-electron chi connectivity index (χ2n) is 5.49. The number of nitro groups is 1. The first-order chi connectivity index (χ1) is 12.1. The highest BCUT2D eigenvalue weighted by atomic mass is 16.6. The largest absolute Gasteiger partial charge is 0.457 e. The van der Waals surface area contributed by atoms with Crippen molar-refractivity contribution >= 4 is 17.3 Å². The number of non-ortho nitro benzene ring substituents is 1. The van der Waals surface area contributed by atoms with Gasteiger partial charge in [-0.15, -0.1) is 0 Å². The van der Waals surface area contributed by atoms with Gasteiger partial charge in [-0.25, -0.2) is 0 Å². The van der Waals surface area contributed by atoms with Crippen molar-refractivity contribution in [2.45, 2.75) is 6.92 Å². The Balaban J connectivity index is 1.98. The van der Waals surface area contributed by atoms with Gasteiger partial charge < -0.3 is 4.42 Å². The molecule has 0 amide bonds. The van der Waals surface area contributed by atoms with Crippen molar-refractivity contribution in [1.82, 2.24) is 0 Å². The number of benzene rings is 2. The van der Waals surface area contributed by atoms with Crippen LogP contribution in [0, 0.1) is 28.4 Å². The predicted molar refractivity (Wildman–Crippen MR) is 95.5 cm³/mol. The van der Waals surface area contributed by atoms with Crippen LogP contribution in [0.4, 0.5) is 5.69 Å². The Hall–Kier alpha value is -3.65. The van der Waals surface area contributed by atoms with E-state index in [4.69, 9.17) is 4.42 Å². The van der Waals surface area contributed by atoms with Gasteiger partial charge >= 0.3 is 0 Å². The van der Waals surface area contributed by atoms with Crippen LogP contribution in [0.15, 0.2) is 65.1 Å². The topological polar surface area (TPSA) is 80.1 Å². The molecular weight excluding hydrogens is 316 g/mol. The van der Waals surface area contributed by atoms with Crippen LogP contribution in [0.25, 0.3) is 23.0 Å². The molecule has 5 nitrogen and oxygen atoms in total. The molecule has 5 heteroatoms. The van der Waals surface area contributed by atoms with Crippen molar-refractivity contribution in [3.8, 4) is 17.4 Å². The molecule has 0 aliphatic rings. The van der Waals surface area contributed by atoms with Gasteiger partial charge in [-0.1, -0.05) is 36.4 Å². The lowest BCUT2D eigenvalue weighted by Crippen LogP contribution is -1.89. The highest BCUT2D eigenvalue weighted by Gasteiger charge is 2.13. The van der Waals surface area contributed by atoms with Gasteiger partial charge in [-0.05, 0) is 36.3 Å². The molecule has 0 radical (unpaired) electrons. The summed E-state index contributed by atoms with van der Waals surface area (Å²) in [5.74, 6) is 1.04. The summed E-state index contributed by atoms with van der Waals surface area (Å²) in [6.07, 6.45) is 1.66. The Bertz CT molecular complexity index is 995. The van der Waals surface area contributed by atoms with Crippen molar-refractivity contribution in [1.29, 1.82) is 5.26 Å². The molecule has 0 atom stereocenters. The minimum atomic E-state index is -0.435. The fourth-order valence-corrected chi connectivity index (χ4v) is 2.50. The maximum Gasteiger partial charge on any atom is 0.270 e. The van der Waals surface area contributed by atoms with E-state index in [0.29, 0.717) is 22.7 Å². The number of aryl methyl sites for hydroxylation is 1. The third-order valence-electron chi connectivity index (χ3n) is 3.82. The Labute approximate surface area is 144 Å². The van der Waals surface area contributed by atoms with Crippen LogP contribution < -0.4 is 0 Å². The Morgan fingerprint density at radius 2 is 1.92 bits per heavy atom. The van der Waals surface area contributed by atoms with Crippen molar-refractivity contribution < 1.29 is 9.34 Å². The number of nitro benzene ring substituents is 1. The highest BCUT2D eigenvalue weighted by molar-refractivity contribution is 5.88. The van der Waals surface area contributed by atoms with Crippen LogP contribution in [-0.2, 0) is 0 Å². The molecule has 1 aromatic heterocycles. The third-order valence-corrected chi connectivity index (χ3v) is 3.82. The number of hydrogen-bond donors (Lipinski definition) is 0. The summed E-state index contributed by atoms with van der Waals surface area (Å²) < 4.78 is 5.79. The molecule has 0 saturated heterocycles. The molecule has 0 fully saturated rings. The molecule has 3 rings (SSSR count). The van der Waals surface area contributed by atoms with Crippen molar-refractivity contribution in [2.75, 3.05) is 0 Å². The van der Waals surface area contributed by atoms with Gasteiger partial charge in [0.2, 0.25) is 0 Å². The second-order valence-corrected chi connectivity index (χ2v) is 5.49. The van der Waals surface area contributed by atoms with E-state index in [9.17, 15) is 15.4 Å². The average Bonchev–Trinajstić information content (AvgIpc) is 3.09. The van der Waals surface area contributed by atoms with E-state index in [-0.39, 0.29) is 5.69 Å². The maximum atomic E-state index is 11.0. The van der Waals surface area contributed by atoms with Gasteiger partial charge in [-0.2, -0.15) is 5.26 Å². The molecule has 1 heterocycles. The number of allylic oxidation sites excluding steroid dienone is 1. The molecule has 0 N–H and O–H groups in total. The van der Waals surface area contributed by atoms with Gasteiger partial charge in [0.25, 0.3) is 5.69 Å². The first kappa shape index (κ1) is 16.2. The standard InChI is InChI=1S/C20H14N2O3/c1-14-7-8-17(22(23)24)12-19(14)20-10-9-18(25-20)11-16(13-21)15-5-3-2-4-6-15/h2-12H,1H3/b16-11-. The summed E-state index contributed by atoms with van der Waals surface area (Å²) in [6.45, 7) is 1.86. The molecular formula is C20H14N2O3. The first-order valence-corrected chi connectivity index (χ1v) is 7.61. The molecule has 0 bridgehead atoms. The van der Waals surface area contributed by atoms with Crippen molar-refractivity contribution in [3.05, 3.63) is 87.7 Å². The van der Waals surface area contributed by atoms with E-state index in [0.717, 1.165) is 11.1 Å². The zero-order chi connectivity index (χ0) is 17.8. The maximum absolute atomic E-state index is 11.0. The summed E-state index contributed by atoms with van der Waals surface area (Å²) in [6, 6.07) is 19.6. The van der Waals surface area contributed by atoms with Crippen LogP contribution in [-0.4, -0.2) is 4.92 Å². The van der Waals surface area contributed by atoms with Crippen LogP contribution in [0.5, 0.6) is 0 Å². The minimum absolute atomic E-state index is 0.0103. The van der Waals surface area contributed by atoms with Crippen LogP contribution in [0.3, 0.4) is 0 Å². The van der Waals surface area contributed by atoms with E-state index >= 15 is 0 Å². The fraction of sp³-hybridized carbons (Fsp3) is 0.0500. The fourth-order valence-electron chi connectivity index (χ4n) is 2.50. The number of hydrogen-bond acceptors (Lipinski definition) is 4. The smallest absolute Gasteiger partial charge is 0.270 e. The van der Waals surface area contributed by atoms with Crippen LogP contribution in [0.1, 0.15) is 16.9 Å². The molecule has 0 saturated carbocycles. The van der Waals surface area contributed by atoms with Crippen molar-refractivity contribution in [2.24, 2.45) is 0 Å². The second kappa shape index (κ2) is 6.85. The summed E-state index contributed by atoms with van der Waals surface area (Å²) in [5.41, 5.74) is 2.83. The molecule has 2 aromatic carbocycles. The van der Waals surface area contributed by atoms with E-state index in [1.807, 2.05) is 37.3 Å². The monoisotopic (exact) mass is 330 g/mol. The van der Waals surface area contributed by atoms with Gasteiger partial charge in [0.15, 0.2) is 0 Å². The SMILES string of the molecule is Cc1ccc([N+](=O)[O-])cc1-c1ccc(/C=C(/C#N)c2ccccc2)o1. The van der Waals surface area contributed by atoms with Gasteiger partial charge in [0, 0.05) is 17.7 Å². The number of nitrogens with zero attached hydrogens (tertiary/aromatic N) is 2. The summed E-state index contributed by atoms with van der Waals surface area (Å²) in [4.78, 5) is 10.5. The average molecular weight is 330 g/mol. The number of rotatable bonds is 4. The molecule has 25 heavy (non-hydrogen) atoms. The number of nitriles is 1. The van der Waals surface area contributed by atoms with Crippen LogP contribution >= 0.6 is 0 Å². The quantitative estimate of drug-likeness (QED) is 0.373. The Morgan fingerprint density at radius 1 is 1.16 bits per heavy atom. The van der Waals surface area contributed by atoms with E-state index < -0.39 is 4.92 Å². The molecule has 122 valence electrons. The van der Waals surface area contributed by atoms with Gasteiger partial charge in [-0.3, -0.25) is 10.1 Å². The Kier molecular flexibility index (Phi) is 4.44. The normalized spacial score (nSPS) is 11.1. The van der Waals surface area contributed by atoms with Gasteiger partial charge in [0.05, 0.1) is 16.6 Å².